The normalized spacial score (nSPS) is 9.93. The number of amides is 1. The van der Waals surface area contributed by atoms with Crippen molar-refractivity contribution in [2.45, 2.75) is 6.92 Å². The van der Waals surface area contributed by atoms with Gasteiger partial charge in [0.1, 0.15) is 0 Å². The van der Waals surface area contributed by atoms with Crippen LogP contribution in [0.2, 0.25) is 10.0 Å². The molecule has 0 spiro atoms. The average molecular weight is 234 g/mol. The summed E-state index contributed by atoms with van der Waals surface area (Å²) < 4.78 is 5.19. The lowest BCUT2D eigenvalue weighted by Crippen LogP contribution is -2.13. The quantitative estimate of drug-likeness (QED) is 0.873. The molecule has 3 nitrogen and oxygen atoms in total. The van der Waals surface area contributed by atoms with Crippen molar-refractivity contribution in [3.05, 3.63) is 27.7 Å². The standard InChI is InChI=1S/C9H9Cl2NO2/c1-2-14-8-6(9(12)13)3-5(10)4-7(8)11/h3-4H,2H2,1H3,(H2,12,13). The van der Waals surface area contributed by atoms with Crippen molar-refractivity contribution in [1.29, 1.82) is 0 Å². The smallest absolute Gasteiger partial charge is 0.252 e. The minimum Gasteiger partial charge on any atom is -0.491 e. The molecule has 2 N–H and O–H groups in total. The summed E-state index contributed by atoms with van der Waals surface area (Å²) in [6.07, 6.45) is 0. The van der Waals surface area contributed by atoms with Gasteiger partial charge in [-0.2, -0.15) is 0 Å². The highest BCUT2D eigenvalue weighted by atomic mass is 35.5. The van der Waals surface area contributed by atoms with Crippen LogP contribution in [0.4, 0.5) is 0 Å². The van der Waals surface area contributed by atoms with E-state index in [0.717, 1.165) is 0 Å². The van der Waals surface area contributed by atoms with Crippen molar-refractivity contribution < 1.29 is 9.53 Å². The van der Waals surface area contributed by atoms with Crippen molar-refractivity contribution in [2.24, 2.45) is 5.73 Å². The number of hydrogen-bond donors (Lipinski definition) is 1. The fourth-order valence-electron chi connectivity index (χ4n) is 1.03. The molecule has 1 rings (SSSR count). The van der Waals surface area contributed by atoms with E-state index in [9.17, 15) is 4.79 Å². The number of primary amides is 1. The maximum absolute atomic E-state index is 11.0. The van der Waals surface area contributed by atoms with E-state index in [0.29, 0.717) is 11.6 Å². The zero-order chi connectivity index (χ0) is 10.7. The third-order valence-corrected chi connectivity index (χ3v) is 2.06. The van der Waals surface area contributed by atoms with Crippen molar-refractivity contribution in [1.82, 2.24) is 0 Å². The minimum atomic E-state index is -0.613. The van der Waals surface area contributed by atoms with Crippen LogP contribution in [0.15, 0.2) is 12.1 Å². The molecule has 0 unspecified atom stereocenters. The zero-order valence-electron chi connectivity index (χ0n) is 7.51. The van der Waals surface area contributed by atoms with E-state index in [1.54, 1.807) is 6.92 Å². The highest BCUT2D eigenvalue weighted by molar-refractivity contribution is 6.36. The molecular weight excluding hydrogens is 225 g/mol. The fourth-order valence-corrected chi connectivity index (χ4v) is 1.58. The van der Waals surface area contributed by atoms with Crippen LogP contribution in [-0.2, 0) is 0 Å². The van der Waals surface area contributed by atoms with Gasteiger partial charge in [0.05, 0.1) is 17.2 Å². The van der Waals surface area contributed by atoms with Gasteiger partial charge in [0.2, 0.25) is 0 Å². The van der Waals surface area contributed by atoms with Crippen LogP contribution in [-0.4, -0.2) is 12.5 Å². The van der Waals surface area contributed by atoms with E-state index in [-0.39, 0.29) is 16.3 Å². The predicted octanol–water partition coefficient (Wildman–Crippen LogP) is 2.49. The summed E-state index contributed by atoms with van der Waals surface area (Å²) in [5, 5.41) is 0.639. The first-order chi connectivity index (χ1) is 6.56. The number of rotatable bonds is 3. The second-order valence-electron chi connectivity index (χ2n) is 2.56. The Morgan fingerprint density at radius 3 is 2.64 bits per heavy atom. The van der Waals surface area contributed by atoms with Gasteiger partial charge in [0, 0.05) is 5.02 Å². The summed E-state index contributed by atoms with van der Waals surface area (Å²) in [5.74, 6) is -0.330. The van der Waals surface area contributed by atoms with E-state index in [4.69, 9.17) is 33.7 Å². The predicted molar refractivity (Wildman–Crippen MR) is 56.1 cm³/mol. The van der Waals surface area contributed by atoms with Crippen LogP contribution >= 0.6 is 23.2 Å². The van der Waals surface area contributed by atoms with Crippen molar-refractivity contribution >= 4 is 29.1 Å². The number of hydrogen-bond acceptors (Lipinski definition) is 2. The lowest BCUT2D eigenvalue weighted by Gasteiger charge is -2.09. The van der Waals surface area contributed by atoms with Gasteiger partial charge in [-0.05, 0) is 19.1 Å². The highest BCUT2D eigenvalue weighted by Gasteiger charge is 2.14. The van der Waals surface area contributed by atoms with Gasteiger partial charge in [-0.25, -0.2) is 0 Å². The average Bonchev–Trinajstić information content (AvgIpc) is 2.09. The number of carbonyl (C=O) groups is 1. The van der Waals surface area contributed by atoms with Gasteiger partial charge in [0.15, 0.2) is 5.75 Å². The molecule has 1 aromatic rings. The van der Waals surface area contributed by atoms with Crippen LogP contribution in [0.1, 0.15) is 17.3 Å². The Kier molecular flexibility index (Phi) is 3.61. The molecule has 0 radical (unpaired) electrons. The maximum atomic E-state index is 11.0. The second kappa shape index (κ2) is 4.53. The molecule has 0 heterocycles. The first kappa shape index (κ1) is 11.1. The first-order valence-electron chi connectivity index (χ1n) is 3.98. The number of ether oxygens (including phenoxy) is 1. The Labute approximate surface area is 91.7 Å². The molecule has 14 heavy (non-hydrogen) atoms. The van der Waals surface area contributed by atoms with Crippen molar-refractivity contribution in [3.63, 3.8) is 0 Å². The Hall–Kier alpha value is -0.930. The van der Waals surface area contributed by atoms with Crippen molar-refractivity contribution in [3.8, 4) is 5.75 Å². The van der Waals surface area contributed by atoms with Crippen LogP contribution in [0.5, 0.6) is 5.75 Å². The van der Waals surface area contributed by atoms with Crippen LogP contribution in [0.3, 0.4) is 0 Å². The number of nitrogens with two attached hydrogens (primary N) is 1. The SMILES string of the molecule is CCOc1c(Cl)cc(Cl)cc1C(N)=O. The Morgan fingerprint density at radius 2 is 2.14 bits per heavy atom. The van der Waals surface area contributed by atoms with Gasteiger partial charge in [-0.1, -0.05) is 23.2 Å². The molecule has 76 valence electrons. The zero-order valence-corrected chi connectivity index (χ0v) is 9.02. The van der Waals surface area contributed by atoms with Gasteiger partial charge >= 0.3 is 0 Å². The lowest BCUT2D eigenvalue weighted by atomic mass is 10.2. The van der Waals surface area contributed by atoms with Gasteiger partial charge in [-0.3, -0.25) is 4.79 Å². The van der Waals surface area contributed by atoms with Crippen molar-refractivity contribution in [2.75, 3.05) is 6.61 Å². The third-order valence-electron chi connectivity index (χ3n) is 1.56. The van der Waals surface area contributed by atoms with Gasteiger partial charge in [0.25, 0.3) is 5.91 Å². The molecule has 0 bridgehead atoms. The third kappa shape index (κ3) is 2.30. The molecule has 0 aromatic heterocycles. The van der Waals surface area contributed by atoms with E-state index in [1.807, 2.05) is 0 Å². The van der Waals surface area contributed by atoms with Gasteiger partial charge < -0.3 is 10.5 Å². The summed E-state index contributed by atoms with van der Waals surface area (Å²) in [7, 11) is 0. The highest BCUT2D eigenvalue weighted by Crippen LogP contribution is 2.32. The summed E-state index contributed by atoms with van der Waals surface area (Å²) >= 11 is 11.6. The molecule has 0 aliphatic rings. The summed E-state index contributed by atoms with van der Waals surface area (Å²) in [4.78, 5) is 11.0. The van der Waals surface area contributed by atoms with Gasteiger partial charge in [-0.15, -0.1) is 0 Å². The van der Waals surface area contributed by atoms with Crippen LogP contribution in [0, 0.1) is 0 Å². The lowest BCUT2D eigenvalue weighted by molar-refractivity contribution is 0.0996. The number of halogens is 2. The Bertz CT molecular complexity index is 366. The van der Waals surface area contributed by atoms with E-state index in [2.05, 4.69) is 0 Å². The Balaban J connectivity index is 3.28. The number of carbonyl (C=O) groups excluding carboxylic acids is 1. The monoisotopic (exact) mass is 233 g/mol. The molecule has 0 aliphatic carbocycles. The molecule has 0 fully saturated rings. The molecule has 0 aliphatic heterocycles. The maximum Gasteiger partial charge on any atom is 0.252 e. The Morgan fingerprint density at radius 1 is 1.50 bits per heavy atom. The first-order valence-corrected chi connectivity index (χ1v) is 4.73. The molecule has 0 atom stereocenters. The molecule has 0 saturated carbocycles. The topological polar surface area (TPSA) is 52.3 Å². The summed E-state index contributed by atoms with van der Waals surface area (Å²) in [5.41, 5.74) is 5.34. The number of benzene rings is 1. The molecule has 1 aromatic carbocycles. The van der Waals surface area contributed by atoms with E-state index < -0.39 is 5.91 Å². The molecular formula is C9H9Cl2NO2. The molecule has 0 saturated heterocycles. The van der Waals surface area contributed by atoms with E-state index >= 15 is 0 Å². The summed E-state index contributed by atoms with van der Waals surface area (Å²) in [6.45, 7) is 2.19. The van der Waals surface area contributed by atoms with E-state index in [1.165, 1.54) is 12.1 Å². The minimum absolute atomic E-state index is 0.198. The summed E-state index contributed by atoms with van der Waals surface area (Å²) in [6, 6.07) is 2.93. The largest absolute Gasteiger partial charge is 0.491 e. The van der Waals surface area contributed by atoms with Crippen LogP contribution < -0.4 is 10.5 Å². The molecule has 1 amide bonds. The van der Waals surface area contributed by atoms with Crippen LogP contribution in [0.25, 0.3) is 0 Å². The fraction of sp³-hybridized carbons (Fsp3) is 0.222. The second-order valence-corrected chi connectivity index (χ2v) is 3.41. The molecule has 5 heteroatoms.